The largest absolute Gasteiger partial charge is 0.278 e. The van der Waals surface area contributed by atoms with E-state index in [1.165, 1.54) is 6.07 Å². The predicted molar refractivity (Wildman–Crippen MR) is 117 cm³/mol. The zero-order valence-electron chi connectivity index (χ0n) is 15.4. The lowest BCUT2D eigenvalue weighted by Gasteiger charge is -2.13. The van der Waals surface area contributed by atoms with Gasteiger partial charge in [0.15, 0.2) is 0 Å². The van der Waals surface area contributed by atoms with E-state index in [0.29, 0.717) is 11.3 Å². The molecule has 0 fully saturated rings. The molecule has 0 saturated carbocycles. The topological polar surface area (TPSA) is 56.0 Å². The number of nitrogens with zero attached hydrogens (tertiary/aromatic N) is 2. The molecule has 0 aliphatic heterocycles. The van der Waals surface area contributed by atoms with Crippen molar-refractivity contribution < 1.29 is 4.92 Å². The molecule has 0 saturated heterocycles. The molecule has 0 aliphatic carbocycles. The molecule has 5 rings (SSSR count). The van der Waals surface area contributed by atoms with E-state index in [-0.39, 0.29) is 10.6 Å². The van der Waals surface area contributed by atoms with Crippen LogP contribution >= 0.6 is 0 Å². The number of rotatable bonds is 3. The van der Waals surface area contributed by atoms with Crippen molar-refractivity contribution in [1.82, 2.24) is 4.98 Å². The van der Waals surface area contributed by atoms with Crippen LogP contribution in [-0.2, 0) is 0 Å². The number of hydrogen-bond donors (Lipinski definition) is 0. The minimum Gasteiger partial charge on any atom is -0.258 e. The summed E-state index contributed by atoms with van der Waals surface area (Å²) in [4.78, 5) is 16.0. The lowest BCUT2D eigenvalue weighted by molar-refractivity contribution is -0.384. The van der Waals surface area contributed by atoms with Crippen molar-refractivity contribution in [2.24, 2.45) is 0 Å². The van der Waals surface area contributed by atoms with E-state index in [1.54, 1.807) is 18.2 Å². The molecule has 0 amide bonds. The zero-order valence-corrected chi connectivity index (χ0v) is 15.4. The first-order valence-electron chi connectivity index (χ1n) is 9.34. The molecule has 0 radical (unpaired) electrons. The molecule has 1 heterocycles. The maximum atomic E-state index is 11.6. The second-order valence-corrected chi connectivity index (χ2v) is 6.88. The van der Waals surface area contributed by atoms with Crippen LogP contribution in [0.1, 0.15) is 0 Å². The molecular formula is C25H16N2O2. The van der Waals surface area contributed by atoms with Gasteiger partial charge in [-0.1, -0.05) is 72.8 Å². The number of fused-ring (bicyclic) bond motifs is 3. The van der Waals surface area contributed by atoms with E-state index < -0.39 is 0 Å². The third-order valence-corrected chi connectivity index (χ3v) is 5.16. The van der Waals surface area contributed by atoms with Gasteiger partial charge in [-0.15, -0.1) is 0 Å². The van der Waals surface area contributed by atoms with Crippen molar-refractivity contribution in [1.29, 1.82) is 0 Å². The fourth-order valence-corrected chi connectivity index (χ4v) is 3.84. The van der Waals surface area contributed by atoms with Crippen LogP contribution in [0, 0.1) is 10.1 Å². The molecule has 0 atom stereocenters. The van der Waals surface area contributed by atoms with Gasteiger partial charge in [-0.05, 0) is 40.1 Å². The molecule has 138 valence electrons. The molecule has 0 aliphatic rings. The highest BCUT2D eigenvalue weighted by atomic mass is 16.6. The number of hydrogen-bond acceptors (Lipinski definition) is 3. The van der Waals surface area contributed by atoms with Crippen LogP contribution in [0.5, 0.6) is 0 Å². The molecule has 4 heteroatoms. The average molecular weight is 376 g/mol. The van der Waals surface area contributed by atoms with Crippen LogP contribution in [0.25, 0.3) is 44.1 Å². The highest BCUT2D eigenvalue weighted by molar-refractivity contribution is 6.13. The van der Waals surface area contributed by atoms with Gasteiger partial charge in [0.1, 0.15) is 0 Å². The van der Waals surface area contributed by atoms with Crippen molar-refractivity contribution in [3.8, 4) is 22.4 Å². The monoisotopic (exact) mass is 376 g/mol. The second-order valence-electron chi connectivity index (χ2n) is 6.88. The summed E-state index contributed by atoms with van der Waals surface area (Å²) in [6, 6.07) is 31.0. The molecule has 5 aromatic rings. The first-order valence-corrected chi connectivity index (χ1v) is 9.34. The summed E-state index contributed by atoms with van der Waals surface area (Å²) in [6.45, 7) is 0. The lowest BCUT2D eigenvalue weighted by atomic mass is 9.94. The number of nitro groups is 1. The summed E-state index contributed by atoms with van der Waals surface area (Å²) in [7, 11) is 0. The number of benzene rings is 4. The van der Waals surface area contributed by atoms with Crippen molar-refractivity contribution in [3.63, 3.8) is 0 Å². The molecule has 4 aromatic carbocycles. The van der Waals surface area contributed by atoms with Gasteiger partial charge in [0.05, 0.1) is 21.7 Å². The van der Waals surface area contributed by atoms with E-state index in [0.717, 1.165) is 32.8 Å². The van der Waals surface area contributed by atoms with Crippen molar-refractivity contribution in [2.75, 3.05) is 0 Å². The first-order chi connectivity index (χ1) is 14.2. The van der Waals surface area contributed by atoms with Gasteiger partial charge in [0, 0.05) is 11.5 Å². The maximum absolute atomic E-state index is 11.6. The Balaban J connectivity index is 1.91. The van der Waals surface area contributed by atoms with E-state index in [4.69, 9.17) is 4.98 Å². The Labute approximate surface area is 167 Å². The van der Waals surface area contributed by atoms with E-state index in [2.05, 4.69) is 24.3 Å². The van der Waals surface area contributed by atoms with E-state index in [1.807, 2.05) is 48.5 Å². The summed E-state index contributed by atoms with van der Waals surface area (Å²) in [6.07, 6.45) is 0. The molecular weight excluding hydrogens is 360 g/mol. The van der Waals surface area contributed by atoms with Gasteiger partial charge in [0.25, 0.3) is 5.69 Å². The number of pyridine rings is 1. The average Bonchev–Trinajstić information content (AvgIpc) is 2.78. The Hall–Kier alpha value is -4.05. The van der Waals surface area contributed by atoms with Gasteiger partial charge in [-0.2, -0.15) is 0 Å². The Morgan fingerprint density at radius 2 is 1.45 bits per heavy atom. The van der Waals surface area contributed by atoms with Gasteiger partial charge in [-0.25, -0.2) is 4.98 Å². The van der Waals surface area contributed by atoms with Crippen LogP contribution in [0.2, 0.25) is 0 Å². The quantitative estimate of drug-likeness (QED) is 0.202. The second kappa shape index (κ2) is 6.84. The van der Waals surface area contributed by atoms with Crippen LogP contribution in [0.4, 0.5) is 5.69 Å². The summed E-state index contributed by atoms with van der Waals surface area (Å²) in [5, 5.41) is 14.9. The van der Waals surface area contributed by atoms with Gasteiger partial charge < -0.3 is 0 Å². The SMILES string of the molecule is O=[N+]([O-])c1ccccc1-c1cc(-c2ccccc2)c2c(ccc3ccccc32)n1. The molecule has 0 bridgehead atoms. The Morgan fingerprint density at radius 1 is 0.724 bits per heavy atom. The van der Waals surface area contributed by atoms with Gasteiger partial charge in [0.2, 0.25) is 0 Å². The summed E-state index contributed by atoms with van der Waals surface area (Å²) in [5.74, 6) is 0. The highest BCUT2D eigenvalue weighted by Crippen LogP contribution is 2.38. The molecule has 4 nitrogen and oxygen atoms in total. The number of para-hydroxylation sites is 1. The van der Waals surface area contributed by atoms with Gasteiger partial charge in [-0.3, -0.25) is 10.1 Å². The third kappa shape index (κ3) is 2.91. The molecule has 0 N–H and O–H groups in total. The zero-order chi connectivity index (χ0) is 19.8. The lowest BCUT2D eigenvalue weighted by Crippen LogP contribution is -1.95. The molecule has 29 heavy (non-hydrogen) atoms. The van der Waals surface area contributed by atoms with Crippen molar-refractivity contribution >= 4 is 27.4 Å². The van der Waals surface area contributed by atoms with E-state index >= 15 is 0 Å². The Bertz CT molecular complexity index is 1380. The summed E-state index contributed by atoms with van der Waals surface area (Å²) >= 11 is 0. The summed E-state index contributed by atoms with van der Waals surface area (Å²) < 4.78 is 0. The third-order valence-electron chi connectivity index (χ3n) is 5.16. The van der Waals surface area contributed by atoms with Crippen LogP contribution in [0.15, 0.2) is 97.1 Å². The van der Waals surface area contributed by atoms with E-state index in [9.17, 15) is 10.1 Å². The number of aromatic nitrogens is 1. The van der Waals surface area contributed by atoms with Gasteiger partial charge >= 0.3 is 0 Å². The first kappa shape index (κ1) is 17.1. The normalized spacial score (nSPS) is 11.0. The fourth-order valence-electron chi connectivity index (χ4n) is 3.84. The van der Waals surface area contributed by atoms with Crippen LogP contribution in [-0.4, -0.2) is 9.91 Å². The smallest absolute Gasteiger partial charge is 0.258 e. The summed E-state index contributed by atoms with van der Waals surface area (Å²) in [5.41, 5.74) is 4.05. The fraction of sp³-hybridized carbons (Fsp3) is 0. The van der Waals surface area contributed by atoms with Crippen molar-refractivity contribution in [2.45, 2.75) is 0 Å². The molecule has 0 spiro atoms. The minimum atomic E-state index is -0.357. The van der Waals surface area contributed by atoms with Crippen LogP contribution in [0.3, 0.4) is 0 Å². The predicted octanol–water partition coefficient (Wildman–Crippen LogP) is 6.63. The maximum Gasteiger partial charge on any atom is 0.278 e. The molecule has 1 aromatic heterocycles. The number of nitro benzene ring substituents is 1. The highest BCUT2D eigenvalue weighted by Gasteiger charge is 2.18. The Kier molecular flexibility index (Phi) is 4.03. The van der Waals surface area contributed by atoms with Crippen molar-refractivity contribution in [3.05, 3.63) is 107 Å². The molecule has 0 unspecified atom stereocenters. The Morgan fingerprint density at radius 3 is 2.28 bits per heavy atom. The standard InChI is InChI=1S/C25H16N2O2/c28-27(29)24-13-7-6-12-20(24)23-16-21(17-8-2-1-3-9-17)25-19-11-5-4-10-18(19)14-15-22(25)26-23/h1-16H. The minimum absolute atomic E-state index is 0.0548. The van der Waals surface area contributed by atoms with Crippen LogP contribution < -0.4 is 0 Å².